The lowest BCUT2D eigenvalue weighted by Gasteiger charge is -2.31. The molecule has 1 aromatic carbocycles. The fourth-order valence-electron chi connectivity index (χ4n) is 3.02. The molecule has 1 aliphatic rings. The van der Waals surface area contributed by atoms with Gasteiger partial charge in [-0.2, -0.15) is 4.98 Å². The van der Waals surface area contributed by atoms with Crippen LogP contribution in [0, 0.1) is 5.82 Å². The number of carbonyl (C=O) groups excluding carboxylic acids is 1. The molecule has 3 aromatic rings. The van der Waals surface area contributed by atoms with Crippen molar-refractivity contribution in [1.29, 1.82) is 0 Å². The molecule has 0 aliphatic carbocycles. The summed E-state index contributed by atoms with van der Waals surface area (Å²) in [5.74, 6) is 0.962. The van der Waals surface area contributed by atoms with Crippen LogP contribution < -0.4 is 0 Å². The Labute approximate surface area is 142 Å². The molecule has 0 saturated carbocycles. The maximum atomic E-state index is 13.0. The summed E-state index contributed by atoms with van der Waals surface area (Å²) in [4.78, 5) is 25.8. The third-order valence-corrected chi connectivity index (χ3v) is 4.30. The van der Waals surface area contributed by atoms with Gasteiger partial charge in [-0.3, -0.25) is 4.79 Å². The van der Waals surface area contributed by atoms with Crippen molar-refractivity contribution < 1.29 is 13.7 Å². The third kappa shape index (κ3) is 3.15. The topological polar surface area (TPSA) is 87.9 Å². The van der Waals surface area contributed by atoms with E-state index in [2.05, 4.69) is 20.1 Å². The Bertz CT molecular complexity index is 860. The Morgan fingerprint density at radius 3 is 2.92 bits per heavy atom. The predicted molar refractivity (Wildman–Crippen MR) is 86.2 cm³/mol. The van der Waals surface area contributed by atoms with Crippen molar-refractivity contribution in [3.05, 3.63) is 53.9 Å². The van der Waals surface area contributed by atoms with Crippen LogP contribution in [0.1, 0.15) is 35.0 Å². The number of carbonyl (C=O) groups is 1. The Balaban J connectivity index is 1.49. The number of halogens is 1. The molecule has 0 radical (unpaired) electrons. The van der Waals surface area contributed by atoms with Crippen LogP contribution in [-0.4, -0.2) is 44.0 Å². The van der Waals surface area contributed by atoms with E-state index in [1.807, 2.05) is 0 Å². The second-order valence-electron chi connectivity index (χ2n) is 5.99. The van der Waals surface area contributed by atoms with Crippen LogP contribution in [-0.2, 0) is 0 Å². The SMILES string of the molecule is O=C(c1ccc(F)cc1)N1CCC[C@H](c2nc(-c3ncc[nH]3)no2)C1. The van der Waals surface area contributed by atoms with Crippen LogP contribution >= 0.6 is 0 Å². The molecule has 1 N–H and O–H groups in total. The van der Waals surface area contributed by atoms with Crippen LogP contribution in [0.4, 0.5) is 4.39 Å². The zero-order chi connectivity index (χ0) is 17.2. The molecule has 25 heavy (non-hydrogen) atoms. The first-order chi connectivity index (χ1) is 12.2. The highest BCUT2D eigenvalue weighted by atomic mass is 19.1. The summed E-state index contributed by atoms with van der Waals surface area (Å²) in [6.07, 6.45) is 5.02. The van der Waals surface area contributed by atoms with Crippen LogP contribution in [0.15, 0.2) is 41.2 Å². The Kier molecular flexibility index (Phi) is 4.01. The summed E-state index contributed by atoms with van der Waals surface area (Å²) in [6, 6.07) is 5.59. The smallest absolute Gasteiger partial charge is 0.253 e. The molecule has 0 bridgehead atoms. The highest BCUT2D eigenvalue weighted by Crippen LogP contribution is 2.27. The Morgan fingerprint density at radius 2 is 2.16 bits per heavy atom. The number of hydrogen-bond acceptors (Lipinski definition) is 5. The molecule has 4 rings (SSSR count). The zero-order valence-electron chi connectivity index (χ0n) is 13.4. The number of aromatic nitrogens is 4. The van der Waals surface area contributed by atoms with E-state index < -0.39 is 0 Å². The van der Waals surface area contributed by atoms with Gasteiger partial charge in [0.25, 0.3) is 5.91 Å². The monoisotopic (exact) mass is 341 g/mol. The van der Waals surface area contributed by atoms with Crippen molar-refractivity contribution in [2.75, 3.05) is 13.1 Å². The molecule has 1 atom stereocenters. The highest BCUT2D eigenvalue weighted by molar-refractivity contribution is 5.94. The molecule has 1 aliphatic heterocycles. The number of amides is 1. The van der Waals surface area contributed by atoms with Crippen molar-refractivity contribution in [1.82, 2.24) is 25.0 Å². The van der Waals surface area contributed by atoms with Gasteiger partial charge in [0, 0.05) is 31.0 Å². The molecule has 1 fully saturated rings. The molecule has 128 valence electrons. The number of nitrogens with one attached hydrogen (secondary N) is 1. The number of benzene rings is 1. The molecule has 8 heteroatoms. The largest absolute Gasteiger partial charge is 0.342 e. The lowest BCUT2D eigenvalue weighted by Crippen LogP contribution is -2.39. The normalized spacial score (nSPS) is 17.6. The molecule has 0 spiro atoms. The Hall–Kier alpha value is -3.03. The van der Waals surface area contributed by atoms with Crippen molar-refractivity contribution in [2.45, 2.75) is 18.8 Å². The second-order valence-corrected chi connectivity index (χ2v) is 5.99. The maximum Gasteiger partial charge on any atom is 0.253 e. The van der Waals surface area contributed by atoms with E-state index >= 15 is 0 Å². The molecular weight excluding hydrogens is 325 g/mol. The lowest BCUT2D eigenvalue weighted by atomic mass is 9.97. The summed E-state index contributed by atoms with van der Waals surface area (Å²) in [5, 5.41) is 3.95. The fourth-order valence-corrected chi connectivity index (χ4v) is 3.02. The van der Waals surface area contributed by atoms with E-state index in [0.717, 1.165) is 12.8 Å². The van der Waals surface area contributed by atoms with Gasteiger partial charge < -0.3 is 14.4 Å². The van der Waals surface area contributed by atoms with Gasteiger partial charge in [-0.15, -0.1) is 0 Å². The Morgan fingerprint density at radius 1 is 1.32 bits per heavy atom. The number of aromatic amines is 1. The van der Waals surface area contributed by atoms with E-state index in [1.54, 1.807) is 17.3 Å². The average molecular weight is 341 g/mol. The van der Waals surface area contributed by atoms with Crippen LogP contribution in [0.2, 0.25) is 0 Å². The van der Waals surface area contributed by atoms with Crippen molar-refractivity contribution in [3.8, 4) is 11.6 Å². The molecular formula is C17H16FN5O2. The van der Waals surface area contributed by atoms with Crippen molar-refractivity contribution in [3.63, 3.8) is 0 Å². The van der Waals surface area contributed by atoms with Gasteiger partial charge in [0.1, 0.15) is 5.82 Å². The van der Waals surface area contributed by atoms with Crippen LogP contribution in [0.5, 0.6) is 0 Å². The van der Waals surface area contributed by atoms with Gasteiger partial charge in [-0.1, -0.05) is 5.16 Å². The summed E-state index contributed by atoms with van der Waals surface area (Å²) in [6.45, 7) is 1.15. The van der Waals surface area contributed by atoms with Gasteiger partial charge in [0.2, 0.25) is 11.7 Å². The maximum absolute atomic E-state index is 13.0. The van der Waals surface area contributed by atoms with E-state index in [9.17, 15) is 9.18 Å². The minimum Gasteiger partial charge on any atom is -0.342 e. The minimum atomic E-state index is -0.357. The second kappa shape index (κ2) is 6.46. The summed E-state index contributed by atoms with van der Waals surface area (Å²) >= 11 is 0. The number of piperidine rings is 1. The highest BCUT2D eigenvalue weighted by Gasteiger charge is 2.29. The number of imidazole rings is 1. The van der Waals surface area contributed by atoms with Crippen molar-refractivity contribution >= 4 is 5.91 Å². The first-order valence-corrected chi connectivity index (χ1v) is 8.09. The van der Waals surface area contributed by atoms with Gasteiger partial charge >= 0.3 is 0 Å². The van der Waals surface area contributed by atoms with E-state index in [0.29, 0.717) is 36.2 Å². The summed E-state index contributed by atoms with van der Waals surface area (Å²) in [7, 11) is 0. The minimum absolute atomic E-state index is 0.0191. The van der Waals surface area contributed by atoms with E-state index in [1.165, 1.54) is 24.3 Å². The molecule has 0 unspecified atom stereocenters. The van der Waals surface area contributed by atoms with Gasteiger partial charge in [-0.25, -0.2) is 9.37 Å². The number of nitrogens with zero attached hydrogens (tertiary/aromatic N) is 4. The molecule has 1 saturated heterocycles. The fraction of sp³-hybridized carbons (Fsp3) is 0.294. The summed E-state index contributed by atoms with van der Waals surface area (Å²) in [5.41, 5.74) is 0.476. The van der Waals surface area contributed by atoms with Crippen LogP contribution in [0.25, 0.3) is 11.6 Å². The zero-order valence-corrected chi connectivity index (χ0v) is 13.4. The quantitative estimate of drug-likeness (QED) is 0.791. The third-order valence-electron chi connectivity index (χ3n) is 4.30. The lowest BCUT2D eigenvalue weighted by molar-refractivity contribution is 0.0695. The number of H-pyrrole nitrogens is 1. The molecule has 2 aromatic heterocycles. The van der Waals surface area contributed by atoms with E-state index in [-0.39, 0.29) is 17.6 Å². The number of rotatable bonds is 3. The van der Waals surface area contributed by atoms with Gasteiger partial charge in [-0.05, 0) is 37.1 Å². The van der Waals surface area contributed by atoms with Crippen molar-refractivity contribution in [2.24, 2.45) is 0 Å². The molecule has 3 heterocycles. The average Bonchev–Trinajstić information content (AvgIpc) is 3.33. The van der Waals surface area contributed by atoms with Gasteiger partial charge in [0.15, 0.2) is 5.82 Å². The number of likely N-dealkylation sites (tertiary alicyclic amines) is 1. The first kappa shape index (κ1) is 15.5. The number of hydrogen-bond donors (Lipinski definition) is 1. The van der Waals surface area contributed by atoms with Crippen LogP contribution in [0.3, 0.4) is 0 Å². The summed E-state index contributed by atoms with van der Waals surface area (Å²) < 4.78 is 18.4. The standard InChI is InChI=1S/C17H16FN5O2/c18-13-5-3-11(4-6-13)17(24)23-9-1-2-12(10-23)16-21-15(22-25-16)14-19-7-8-20-14/h3-8,12H,1-2,9-10H2,(H,19,20)/t12-/m0/s1. The molecule has 1 amide bonds. The molecule has 7 nitrogen and oxygen atoms in total. The van der Waals surface area contributed by atoms with E-state index in [4.69, 9.17) is 4.52 Å². The first-order valence-electron chi connectivity index (χ1n) is 8.09. The van der Waals surface area contributed by atoms with Gasteiger partial charge in [0.05, 0.1) is 5.92 Å². The predicted octanol–water partition coefficient (Wildman–Crippen LogP) is 2.62.